The molecule has 1 aromatic rings. The summed E-state index contributed by atoms with van der Waals surface area (Å²) in [6.45, 7) is -0.0131. The maximum absolute atomic E-state index is 11.9. The second-order valence-corrected chi connectivity index (χ2v) is 5.58. The smallest absolute Gasteiger partial charge is 0.306 e. The second kappa shape index (κ2) is 6.64. The van der Waals surface area contributed by atoms with E-state index in [0.29, 0.717) is 0 Å². The van der Waals surface area contributed by atoms with Crippen LogP contribution in [0.3, 0.4) is 0 Å². The lowest BCUT2D eigenvalue weighted by Crippen LogP contribution is -2.34. The number of halogens is 1. The summed E-state index contributed by atoms with van der Waals surface area (Å²) >= 11 is 5.54. The van der Waals surface area contributed by atoms with Crippen molar-refractivity contribution in [2.45, 2.75) is 6.42 Å². The number of carbonyl (C=O) groups is 1. The van der Waals surface area contributed by atoms with Crippen molar-refractivity contribution in [2.24, 2.45) is 0 Å². The number of nitrogens with zero attached hydrogens (tertiary/aromatic N) is 3. The summed E-state index contributed by atoms with van der Waals surface area (Å²) in [6, 6.07) is 1.36. The van der Waals surface area contributed by atoms with Gasteiger partial charge in [-0.3, -0.25) is 9.52 Å². The van der Waals surface area contributed by atoms with E-state index in [1.165, 1.54) is 26.4 Å². The van der Waals surface area contributed by atoms with Gasteiger partial charge in [-0.1, -0.05) is 0 Å². The Hall–Kier alpha value is -1.45. The minimum atomic E-state index is -3.81. The second-order valence-electron chi connectivity index (χ2n) is 3.47. The normalized spacial score (nSPS) is 11.4. The van der Waals surface area contributed by atoms with E-state index in [4.69, 9.17) is 11.6 Å². The molecular weight excluding hydrogens is 296 g/mol. The van der Waals surface area contributed by atoms with Gasteiger partial charge < -0.3 is 4.74 Å². The molecule has 0 bridgehead atoms. The molecule has 0 aromatic carbocycles. The number of hydrogen-bond donors (Lipinski definition) is 1. The van der Waals surface area contributed by atoms with E-state index in [9.17, 15) is 13.2 Å². The maximum Gasteiger partial charge on any atom is 0.306 e. The maximum atomic E-state index is 11.9. The van der Waals surface area contributed by atoms with Crippen LogP contribution in [0.2, 0.25) is 5.28 Å². The molecule has 0 saturated heterocycles. The standard InChI is InChI=1S/C9H13ClN4O4S/c1-14(6-4-8(15)18-2)19(16,17)13-7-3-5-11-9(10)12-7/h3,5H,4,6H2,1-2H3,(H,11,12,13). The van der Waals surface area contributed by atoms with E-state index in [1.54, 1.807) is 0 Å². The van der Waals surface area contributed by atoms with Crippen molar-refractivity contribution >= 4 is 33.6 Å². The van der Waals surface area contributed by atoms with Crippen molar-refractivity contribution in [3.63, 3.8) is 0 Å². The van der Waals surface area contributed by atoms with Crippen LogP contribution in [-0.4, -0.2) is 49.4 Å². The zero-order valence-corrected chi connectivity index (χ0v) is 11.9. The molecule has 1 rings (SSSR count). The molecule has 1 N–H and O–H groups in total. The van der Waals surface area contributed by atoms with Gasteiger partial charge >= 0.3 is 16.2 Å². The Morgan fingerprint density at radius 2 is 2.26 bits per heavy atom. The molecule has 10 heteroatoms. The van der Waals surface area contributed by atoms with Gasteiger partial charge in [0.2, 0.25) is 5.28 Å². The lowest BCUT2D eigenvalue weighted by Gasteiger charge is -2.17. The van der Waals surface area contributed by atoms with Gasteiger partial charge in [0, 0.05) is 19.8 Å². The minimum Gasteiger partial charge on any atom is -0.469 e. The summed E-state index contributed by atoms with van der Waals surface area (Å²) in [4.78, 5) is 18.3. The number of methoxy groups -OCH3 is 1. The summed E-state index contributed by atoms with van der Waals surface area (Å²) in [6.07, 6.45) is 1.28. The van der Waals surface area contributed by atoms with E-state index >= 15 is 0 Å². The van der Waals surface area contributed by atoms with Gasteiger partial charge in [0.15, 0.2) is 0 Å². The van der Waals surface area contributed by atoms with Crippen molar-refractivity contribution in [3.05, 3.63) is 17.5 Å². The average molecular weight is 309 g/mol. The van der Waals surface area contributed by atoms with Gasteiger partial charge in [-0.2, -0.15) is 17.7 Å². The largest absolute Gasteiger partial charge is 0.469 e. The third kappa shape index (κ3) is 4.97. The van der Waals surface area contributed by atoms with Crippen LogP contribution in [0.25, 0.3) is 0 Å². The van der Waals surface area contributed by atoms with Crippen molar-refractivity contribution < 1.29 is 17.9 Å². The number of anilines is 1. The predicted octanol–water partition coefficient (Wildman–Crippen LogP) is 0.282. The van der Waals surface area contributed by atoms with Crippen LogP contribution in [0.5, 0.6) is 0 Å². The molecule has 0 unspecified atom stereocenters. The van der Waals surface area contributed by atoms with Crippen LogP contribution >= 0.6 is 11.6 Å². The average Bonchev–Trinajstić information content (AvgIpc) is 2.34. The number of esters is 1. The molecule has 0 atom stereocenters. The van der Waals surface area contributed by atoms with Crippen molar-refractivity contribution in [2.75, 3.05) is 25.4 Å². The van der Waals surface area contributed by atoms with Crippen LogP contribution in [0.4, 0.5) is 5.82 Å². The number of rotatable bonds is 6. The Balaban J connectivity index is 2.67. The Morgan fingerprint density at radius 3 is 2.84 bits per heavy atom. The fourth-order valence-corrected chi connectivity index (χ4v) is 2.09. The van der Waals surface area contributed by atoms with E-state index in [2.05, 4.69) is 19.4 Å². The molecule has 0 saturated carbocycles. The van der Waals surface area contributed by atoms with Crippen molar-refractivity contribution in [3.8, 4) is 0 Å². The molecule has 0 radical (unpaired) electrons. The molecular formula is C9H13ClN4O4S. The molecule has 0 aliphatic rings. The Labute approximate surface area is 115 Å². The van der Waals surface area contributed by atoms with Crippen molar-refractivity contribution in [1.82, 2.24) is 14.3 Å². The molecule has 1 heterocycles. The molecule has 0 spiro atoms. The van der Waals surface area contributed by atoms with Gasteiger partial charge in [-0.25, -0.2) is 4.98 Å². The van der Waals surface area contributed by atoms with Crippen LogP contribution < -0.4 is 4.72 Å². The molecule has 0 aliphatic heterocycles. The van der Waals surface area contributed by atoms with Crippen LogP contribution in [-0.2, 0) is 19.7 Å². The zero-order valence-electron chi connectivity index (χ0n) is 10.3. The van der Waals surface area contributed by atoms with Gasteiger partial charge in [-0.05, 0) is 17.7 Å². The van der Waals surface area contributed by atoms with Crippen LogP contribution in [0, 0.1) is 0 Å². The fourth-order valence-electron chi connectivity index (χ4n) is 1.07. The SMILES string of the molecule is COC(=O)CCN(C)S(=O)(=O)Nc1ccnc(Cl)n1. The minimum absolute atomic E-state index is 0.0131. The zero-order chi connectivity index (χ0) is 14.5. The van der Waals surface area contributed by atoms with E-state index in [-0.39, 0.29) is 24.1 Å². The molecule has 1 aromatic heterocycles. The molecule has 0 fully saturated rings. The quantitative estimate of drug-likeness (QED) is 0.598. The summed E-state index contributed by atoms with van der Waals surface area (Å²) in [5.74, 6) is -0.447. The topological polar surface area (TPSA) is 101 Å². The molecule has 0 aliphatic carbocycles. The van der Waals surface area contributed by atoms with Gasteiger partial charge in [-0.15, -0.1) is 0 Å². The summed E-state index contributed by atoms with van der Waals surface area (Å²) < 4.78 is 31.4. The Kier molecular flexibility index (Phi) is 5.45. The van der Waals surface area contributed by atoms with E-state index in [0.717, 1.165) is 4.31 Å². The summed E-state index contributed by atoms with van der Waals surface area (Å²) in [5.41, 5.74) is 0. The van der Waals surface area contributed by atoms with Gasteiger partial charge in [0.05, 0.1) is 13.5 Å². The Morgan fingerprint density at radius 1 is 1.58 bits per heavy atom. The first-order chi connectivity index (χ1) is 8.85. The first-order valence-electron chi connectivity index (χ1n) is 5.14. The number of ether oxygens (including phenoxy) is 1. The molecule has 106 valence electrons. The lowest BCUT2D eigenvalue weighted by molar-refractivity contribution is -0.140. The highest BCUT2D eigenvalue weighted by Crippen LogP contribution is 2.09. The first-order valence-corrected chi connectivity index (χ1v) is 6.96. The van der Waals surface area contributed by atoms with Gasteiger partial charge in [0.25, 0.3) is 0 Å². The molecule has 8 nitrogen and oxygen atoms in total. The van der Waals surface area contributed by atoms with Crippen molar-refractivity contribution in [1.29, 1.82) is 0 Å². The van der Waals surface area contributed by atoms with Crippen LogP contribution in [0.1, 0.15) is 6.42 Å². The van der Waals surface area contributed by atoms with E-state index in [1.807, 2.05) is 0 Å². The third-order valence-corrected chi connectivity index (χ3v) is 3.78. The number of nitrogens with one attached hydrogen (secondary N) is 1. The van der Waals surface area contributed by atoms with Crippen LogP contribution in [0.15, 0.2) is 12.3 Å². The molecule has 0 amide bonds. The highest BCUT2D eigenvalue weighted by Gasteiger charge is 2.19. The van der Waals surface area contributed by atoms with E-state index < -0.39 is 16.2 Å². The summed E-state index contributed by atoms with van der Waals surface area (Å²) in [5, 5.41) is -0.0718. The highest BCUT2D eigenvalue weighted by molar-refractivity contribution is 7.90. The first kappa shape index (κ1) is 15.6. The number of aromatic nitrogens is 2. The summed E-state index contributed by atoms with van der Waals surface area (Å²) in [7, 11) is -1.25. The lowest BCUT2D eigenvalue weighted by atomic mass is 10.4. The number of carbonyl (C=O) groups excluding carboxylic acids is 1. The number of hydrogen-bond acceptors (Lipinski definition) is 6. The monoisotopic (exact) mass is 308 g/mol. The van der Waals surface area contributed by atoms with Gasteiger partial charge in [0.1, 0.15) is 5.82 Å². The predicted molar refractivity (Wildman–Crippen MR) is 68.8 cm³/mol. The highest BCUT2D eigenvalue weighted by atomic mass is 35.5. The third-order valence-electron chi connectivity index (χ3n) is 2.13. The Bertz CT molecular complexity index is 551. The molecule has 19 heavy (non-hydrogen) atoms. The fraction of sp³-hybridized carbons (Fsp3) is 0.444.